The van der Waals surface area contributed by atoms with Crippen molar-refractivity contribution in [1.29, 1.82) is 0 Å². The summed E-state index contributed by atoms with van der Waals surface area (Å²) >= 11 is 0. The Morgan fingerprint density at radius 3 is 2.22 bits per heavy atom. The van der Waals surface area contributed by atoms with Gasteiger partial charge in [-0.3, -0.25) is 0 Å². The molecule has 140 valence electrons. The molecule has 0 atom stereocenters. The summed E-state index contributed by atoms with van der Waals surface area (Å²) in [6, 6.07) is 16.9. The highest BCUT2D eigenvalue weighted by atomic mass is 32.2. The number of rotatable bonds is 4. The van der Waals surface area contributed by atoms with Crippen molar-refractivity contribution in [2.45, 2.75) is 11.8 Å². The fourth-order valence-electron chi connectivity index (χ4n) is 3.02. The lowest BCUT2D eigenvalue weighted by molar-refractivity contribution is 0.372. The second-order valence-corrected chi connectivity index (χ2v) is 8.40. The first kappa shape index (κ1) is 17.7. The van der Waals surface area contributed by atoms with Crippen LogP contribution >= 0.6 is 0 Å². The largest absolute Gasteiger partial charge is 0.403 e. The van der Waals surface area contributed by atoms with E-state index in [1.165, 1.54) is 4.31 Å². The Labute approximate surface area is 158 Å². The average Bonchev–Trinajstić information content (AvgIpc) is 3.19. The minimum absolute atomic E-state index is 0.325. The monoisotopic (exact) mass is 384 g/mol. The Hall–Kier alpha value is -2.71. The number of hydrogen-bond acceptors (Lipinski definition) is 6. The normalized spacial score (nSPS) is 15.8. The zero-order valence-electron chi connectivity index (χ0n) is 14.9. The van der Waals surface area contributed by atoms with Crippen molar-refractivity contribution in [2.75, 3.05) is 31.1 Å². The van der Waals surface area contributed by atoms with E-state index in [9.17, 15) is 8.42 Å². The molecule has 0 bridgehead atoms. The minimum atomic E-state index is -3.48. The molecule has 0 radical (unpaired) electrons. The van der Waals surface area contributed by atoms with Crippen LogP contribution in [0.1, 0.15) is 5.56 Å². The molecule has 7 nitrogen and oxygen atoms in total. The summed E-state index contributed by atoms with van der Waals surface area (Å²) < 4.78 is 32.8. The topological polar surface area (TPSA) is 79.5 Å². The Kier molecular flexibility index (Phi) is 4.67. The number of aromatic nitrogens is 2. The quantitative estimate of drug-likeness (QED) is 0.688. The average molecular weight is 384 g/mol. The maximum Gasteiger partial charge on any atom is 0.318 e. The van der Waals surface area contributed by atoms with Crippen molar-refractivity contribution in [3.63, 3.8) is 0 Å². The van der Waals surface area contributed by atoms with E-state index in [0.717, 1.165) is 11.1 Å². The molecule has 1 saturated heterocycles. The zero-order valence-corrected chi connectivity index (χ0v) is 15.8. The van der Waals surface area contributed by atoms with E-state index in [-0.39, 0.29) is 0 Å². The third-order valence-corrected chi connectivity index (χ3v) is 6.52. The maximum absolute atomic E-state index is 12.8. The van der Waals surface area contributed by atoms with Gasteiger partial charge in [-0.1, -0.05) is 41.0 Å². The van der Waals surface area contributed by atoms with Crippen LogP contribution in [0, 0.1) is 6.92 Å². The van der Waals surface area contributed by atoms with Crippen molar-refractivity contribution < 1.29 is 12.8 Å². The molecule has 3 aromatic rings. The second kappa shape index (κ2) is 7.13. The summed E-state index contributed by atoms with van der Waals surface area (Å²) in [5.41, 5.74) is 1.89. The zero-order chi connectivity index (χ0) is 18.9. The molecule has 0 N–H and O–H groups in total. The molecule has 0 aliphatic carbocycles. The van der Waals surface area contributed by atoms with Crippen LogP contribution in [0.3, 0.4) is 0 Å². The van der Waals surface area contributed by atoms with E-state index in [1.807, 2.05) is 54.3 Å². The van der Waals surface area contributed by atoms with Crippen molar-refractivity contribution in [1.82, 2.24) is 14.5 Å². The highest BCUT2D eigenvalue weighted by Crippen LogP contribution is 2.24. The standard InChI is InChI=1S/C19H20N4O3S/c1-15-7-9-17(10-8-15)27(24,25)23-13-11-22(12-14-23)19-21-20-18(26-19)16-5-3-2-4-6-16/h2-10H,11-14H2,1H3. The Bertz CT molecular complexity index is 1010. The Morgan fingerprint density at radius 2 is 1.56 bits per heavy atom. The van der Waals surface area contributed by atoms with Gasteiger partial charge in [0.25, 0.3) is 0 Å². The van der Waals surface area contributed by atoms with Gasteiger partial charge >= 0.3 is 6.01 Å². The van der Waals surface area contributed by atoms with Gasteiger partial charge in [0, 0.05) is 31.7 Å². The first-order valence-corrected chi connectivity index (χ1v) is 10.2. The maximum atomic E-state index is 12.8. The van der Waals surface area contributed by atoms with Gasteiger partial charge in [-0.15, -0.1) is 5.10 Å². The summed E-state index contributed by atoms with van der Waals surface area (Å²) in [5, 5.41) is 8.21. The first-order valence-electron chi connectivity index (χ1n) is 8.75. The molecule has 2 aromatic carbocycles. The summed E-state index contributed by atoms with van der Waals surface area (Å²) in [6.45, 7) is 3.69. The number of piperazine rings is 1. The van der Waals surface area contributed by atoms with Crippen LogP contribution in [0.15, 0.2) is 63.9 Å². The predicted molar refractivity (Wildman–Crippen MR) is 102 cm³/mol. The number of anilines is 1. The molecule has 4 rings (SSSR count). The smallest absolute Gasteiger partial charge is 0.318 e. The molecule has 27 heavy (non-hydrogen) atoms. The minimum Gasteiger partial charge on any atom is -0.403 e. The van der Waals surface area contributed by atoms with Crippen molar-refractivity contribution in [3.05, 3.63) is 60.2 Å². The summed E-state index contributed by atoms with van der Waals surface area (Å²) in [6.07, 6.45) is 0. The summed E-state index contributed by atoms with van der Waals surface area (Å²) in [7, 11) is -3.48. The van der Waals surface area contributed by atoms with Crippen LogP contribution in [0.5, 0.6) is 0 Å². The fourth-order valence-corrected chi connectivity index (χ4v) is 4.44. The molecule has 1 fully saturated rings. The predicted octanol–water partition coefficient (Wildman–Crippen LogP) is 2.56. The molecule has 1 aliphatic rings. The molecule has 1 aromatic heterocycles. The van der Waals surface area contributed by atoms with Gasteiger partial charge in [0.2, 0.25) is 15.9 Å². The first-order chi connectivity index (χ1) is 13.0. The van der Waals surface area contributed by atoms with Crippen LogP contribution in [0.4, 0.5) is 6.01 Å². The van der Waals surface area contributed by atoms with Crippen LogP contribution in [0.2, 0.25) is 0 Å². The second-order valence-electron chi connectivity index (χ2n) is 6.46. The van der Waals surface area contributed by atoms with E-state index >= 15 is 0 Å². The third-order valence-electron chi connectivity index (χ3n) is 4.60. The van der Waals surface area contributed by atoms with Gasteiger partial charge in [-0.25, -0.2) is 8.42 Å². The molecule has 0 amide bonds. The Balaban J connectivity index is 1.45. The Morgan fingerprint density at radius 1 is 0.889 bits per heavy atom. The van der Waals surface area contributed by atoms with E-state index in [1.54, 1.807) is 12.1 Å². The molecule has 0 unspecified atom stereocenters. The number of hydrogen-bond donors (Lipinski definition) is 0. The lowest BCUT2D eigenvalue weighted by Crippen LogP contribution is -2.48. The van der Waals surface area contributed by atoms with E-state index in [4.69, 9.17) is 4.42 Å². The summed E-state index contributed by atoms with van der Waals surface area (Å²) in [5.74, 6) is 0.459. The molecule has 0 spiro atoms. The van der Waals surface area contributed by atoms with Gasteiger partial charge in [-0.2, -0.15) is 4.31 Å². The molecule has 0 saturated carbocycles. The number of sulfonamides is 1. The molecular weight excluding hydrogens is 364 g/mol. The lowest BCUT2D eigenvalue weighted by atomic mass is 10.2. The molecule has 8 heteroatoms. The number of nitrogens with zero attached hydrogens (tertiary/aromatic N) is 4. The van der Waals surface area contributed by atoms with Gasteiger partial charge in [0.05, 0.1) is 4.90 Å². The van der Waals surface area contributed by atoms with E-state index in [0.29, 0.717) is 43.0 Å². The number of aryl methyl sites for hydroxylation is 1. The van der Waals surface area contributed by atoms with Crippen molar-refractivity contribution >= 4 is 16.0 Å². The lowest BCUT2D eigenvalue weighted by Gasteiger charge is -2.32. The van der Waals surface area contributed by atoms with Crippen LogP contribution in [0.25, 0.3) is 11.5 Å². The molecule has 2 heterocycles. The van der Waals surface area contributed by atoms with Crippen molar-refractivity contribution in [3.8, 4) is 11.5 Å². The van der Waals surface area contributed by atoms with Crippen LogP contribution in [-0.2, 0) is 10.0 Å². The van der Waals surface area contributed by atoms with Crippen LogP contribution in [-0.4, -0.2) is 49.1 Å². The van der Waals surface area contributed by atoms with Gasteiger partial charge < -0.3 is 9.32 Å². The molecule has 1 aliphatic heterocycles. The number of benzene rings is 2. The van der Waals surface area contributed by atoms with E-state index in [2.05, 4.69) is 10.2 Å². The SMILES string of the molecule is Cc1ccc(S(=O)(=O)N2CCN(c3nnc(-c4ccccc4)o3)CC2)cc1. The summed E-state index contributed by atoms with van der Waals surface area (Å²) in [4.78, 5) is 2.24. The van der Waals surface area contributed by atoms with Gasteiger partial charge in [0.15, 0.2) is 0 Å². The van der Waals surface area contributed by atoms with Gasteiger partial charge in [0.1, 0.15) is 0 Å². The highest BCUT2D eigenvalue weighted by molar-refractivity contribution is 7.89. The van der Waals surface area contributed by atoms with E-state index < -0.39 is 10.0 Å². The van der Waals surface area contributed by atoms with Crippen LogP contribution < -0.4 is 4.90 Å². The molecular formula is C19H20N4O3S. The third kappa shape index (κ3) is 3.58. The highest BCUT2D eigenvalue weighted by Gasteiger charge is 2.30. The van der Waals surface area contributed by atoms with Gasteiger partial charge in [-0.05, 0) is 31.2 Å². The fraction of sp³-hybridized carbons (Fsp3) is 0.263. The van der Waals surface area contributed by atoms with Crippen molar-refractivity contribution in [2.24, 2.45) is 0 Å².